The van der Waals surface area contributed by atoms with Gasteiger partial charge in [0.15, 0.2) is 0 Å². The molecule has 2 heteroatoms. The summed E-state index contributed by atoms with van der Waals surface area (Å²) in [6.07, 6.45) is 0. The van der Waals surface area contributed by atoms with Crippen LogP contribution in [-0.4, -0.2) is 0 Å². The van der Waals surface area contributed by atoms with Crippen molar-refractivity contribution in [2.45, 2.75) is 3.74 Å². The number of alkyl halides is 2. The molecule has 0 aliphatic carbocycles. The van der Waals surface area contributed by atoms with Gasteiger partial charge in [-0.25, -0.2) is 0 Å². The van der Waals surface area contributed by atoms with Gasteiger partial charge < -0.3 is 0 Å². The highest BCUT2D eigenvalue weighted by atomic mass is 79.9. The van der Waals surface area contributed by atoms with Crippen molar-refractivity contribution in [3.63, 3.8) is 0 Å². The Morgan fingerprint density at radius 2 is 1.29 bits per heavy atom. The fourth-order valence-corrected chi connectivity index (χ4v) is 3.02. The second kappa shape index (κ2) is 4.43. The molecule has 3 aromatic carbocycles. The molecule has 0 nitrogen and oxygen atoms in total. The zero-order valence-electron chi connectivity index (χ0n) is 9.03. The molecule has 0 bridgehead atoms. The van der Waals surface area contributed by atoms with Gasteiger partial charge in [0.25, 0.3) is 0 Å². The Morgan fingerprint density at radius 3 is 2.00 bits per heavy atom. The minimum atomic E-state index is 0.185. The van der Waals surface area contributed by atoms with E-state index in [1.54, 1.807) is 0 Å². The Morgan fingerprint density at radius 1 is 0.706 bits per heavy atom. The normalized spacial score (nSPS) is 11.5. The summed E-state index contributed by atoms with van der Waals surface area (Å²) in [5.74, 6) is 0. The Hall–Kier alpha value is -0.860. The van der Waals surface area contributed by atoms with Gasteiger partial charge >= 0.3 is 0 Å². The molecule has 17 heavy (non-hydrogen) atoms. The van der Waals surface area contributed by atoms with Crippen LogP contribution in [-0.2, 0) is 0 Å². The molecule has 0 amide bonds. The molecule has 3 rings (SSSR count). The molecule has 84 valence electrons. The molecule has 0 aromatic heterocycles. The Labute approximate surface area is 117 Å². The van der Waals surface area contributed by atoms with Crippen LogP contribution in [0.5, 0.6) is 0 Å². The van der Waals surface area contributed by atoms with Crippen molar-refractivity contribution in [2.75, 3.05) is 0 Å². The minimum absolute atomic E-state index is 0.185. The average Bonchev–Trinajstić information content (AvgIpc) is 2.37. The number of hydrogen-bond acceptors (Lipinski definition) is 0. The molecule has 0 unspecified atom stereocenters. The molecule has 0 N–H and O–H groups in total. The molecule has 0 radical (unpaired) electrons. The lowest BCUT2D eigenvalue weighted by Crippen LogP contribution is -1.86. The first-order valence-corrected chi connectivity index (χ1v) is 7.29. The van der Waals surface area contributed by atoms with Crippen molar-refractivity contribution in [1.29, 1.82) is 0 Å². The van der Waals surface area contributed by atoms with Gasteiger partial charge in [0.05, 0.1) is 3.74 Å². The second-order valence-corrected chi connectivity index (χ2v) is 7.09. The summed E-state index contributed by atoms with van der Waals surface area (Å²) in [5, 5.41) is 5.20. The highest BCUT2D eigenvalue weighted by Gasteiger charge is 2.10. The molecular weight excluding hydrogens is 340 g/mol. The minimum Gasteiger partial charge on any atom is -0.0712 e. The van der Waals surface area contributed by atoms with Crippen LogP contribution in [0.2, 0.25) is 0 Å². The molecule has 0 fully saturated rings. The monoisotopic (exact) mass is 348 g/mol. The molecule has 0 saturated heterocycles. The Bertz CT molecular complexity index is 687. The third-order valence-corrected chi connectivity index (χ3v) is 4.02. The number of hydrogen-bond donors (Lipinski definition) is 0. The summed E-state index contributed by atoms with van der Waals surface area (Å²) >= 11 is 7.21. The van der Waals surface area contributed by atoms with Crippen molar-refractivity contribution in [1.82, 2.24) is 0 Å². The maximum absolute atomic E-state index is 3.61. The van der Waals surface area contributed by atoms with Crippen LogP contribution in [0.4, 0.5) is 0 Å². The van der Waals surface area contributed by atoms with Crippen molar-refractivity contribution < 1.29 is 0 Å². The van der Waals surface area contributed by atoms with E-state index in [2.05, 4.69) is 86.5 Å². The third kappa shape index (κ3) is 1.90. The van der Waals surface area contributed by atoms with E-state index < -0.39 is 0 Å². The first kappa shape index (κ1) is 11.2. The maximum Gasteiger partial charge on any atom is 0.0952 e. The quantitative estimate of drug-likeness (QED) is 0.385. The highest BCUT2D eigenvalue weighted by molar-refractivity contribution is 9.24. The molecular formula is C15H10Br2. The SMILES string of the molecule is BrC(Br)c1cc2ccccc2c2ccccc12. The number of fused-ring (bicyclic) bond motifs is 3. The second-order valence-electron chi connectivity index (χ2n) is 4.03. The van der Waals surface area contributed by atoms with Gasteiger partial charge in [-0.15, -0.1) is 0 Å². The first-order chi connectivity index (χ1) is 8.27. The molecule has 0 atom stereocenters. The fraction of sp³-hybridized carbons (Fsp3) is 0.0667. The Balaban J connectivity index is 2.55. The number of halogens is 2. The Kier molecular flexibility index (Phi) is 2.93. The van der Waals surface area contributed by atoms with Gasteiger partial charge in [0.1, 0.15) is 0 Å². The topological polar surface area (TPSA) is 0 Å². The van der Waals surface area contributed by atoms with Crippen molar-refractivity contribution >= 4 is 53.4 Å². The number of rotatable bonds is 1. The van der Waals surface area contributed by atoms with Crippen LogP contribution in [0.25, 0.3) is 21.5 Å². The van der Waals surface area contributed by atoms with Gasteiger partial charge in [-0.2, -0.15) is 0 Å². The van der Waals surface area contributed by atoms with Crippen LogP contribution < -0.4 is 0 Å². The zero-order valence-corrected chi connectivity index (χ0v) is 12.2. The van der Waals surface area contributed by atoms with Gasteiger partial charge in [0, 0.05) is 0 Å². The van der Waals surface area contributed by atoms with E-state index >= 15 is 0 Å². The van der Waals surface area contributed by atoms with Gasteiger partial charge in [0.2, 0.25) is 0 Å². The van der Waals surface area contributed by atoms with Gasteiger partial charge in [-0.3, -0.25) is 0 Å². The number of benzene rings is 3. The summed E-state index contributed by atoms with van der Waals surface area (Å²) in [6.45, 7) is 0. The molecule has 3 aromatic rings. The molecule has 0 spiro atoms. The van der Waals surface area contributed by atoms with E-state index in [0.717, 1.165) is 0 Å². The van der Waals surface area contributed by atoms with E-state index in [1.807, 2.05) is 0 Å². The van der Waals surface area contributed by atoms with Gasteiger partial charge in [-0.05, 0) is 33.2 Å². The molecule has 0 heterocycles. The predicted molar refractivity (Wildman–Crippen MR) is 82.0 cm³/mol. The summed E-state index contributed by atoms with van der Waals surface area (Å²) < 4.78 is 0.185. The van der Waals surface area contributed by atoms with Crippen LogP contribution in [0.3, 0.4) is 0 Å². The van der Waals surface area contributed by atoms with E-state index in [9.17, 15) is 0 Å². The van der Waals surface area contributed by atoms with Crippen molar-refractivity contribution in [3.05, 3.63) is 60.2 Å². The van der Waals surface area contributed by atoms with Crippen LogP contribution in [0, 0.1) is 0 Å². The summed E-state index contributed by atoms with van der Waals surface area (Å²) in [5.41, 5.74) is 1.28. The first-order valence-electron chi connectivity index (χ1n) is 5.46. The van der Waals surface area contributed by atoms with E-state index in [1.165, 1.54) is 27.1 Å². The van der Waals surface area contributed by atoms with Crippen LogP contribution in [0.1, 0.15) is 9.30 Å². The molecule has 0 aliphatic rings. The van der Waals surface area contributed by atoms with E-state index in [-0.39, 0.29) is 3.74 Å². The standard InChI is InChI=1S/C15H10Br2/c16-15(17)14-9-10-5-1-2-6-11(10)12-7-3-4-8-13(12)14/h1-9,15H. The summed E-state index contributed by atoms with van der Waals surface area (Å²) in [7, 11) is 0. The fourth-order valence-electron chi connectivity index (χ4n) is 2.26. The van der Waals surface area contributed by atoms with Crippen LogP contribution in [0.15, 0.2) is 54.6 Å². The van der Waals surface area contributed by atoms with E-state index in [4.69, 9.17) is 0 Å². The largest absolute Gasteiger partial charge is 0.0952 e. The summed E-state index contributed by atoms with van der Waals surface area (Å²) in [4.78, 5) is 0. The lowest BCUT2D eigenvalue weighted by molar-refractivity contribution is 1.49. The predicted octanol–water partition coefficient (Wildman–Crippen LogP) is 5.78. The maximum atomic E-state index is 3.61. The average molecular weight is 350 g/mol. The lowest BCUT2D eigenvalue weighted by atomic mass is 9.98. The smallest absolute Gasteiger partial charge is 0.0712 e. The lowest BCUT2D eigenvalue weighted by Gasteiger charge is -2.11. The van der Waals surface area contributed by atoms with Crippen molar-refractivity contribution in [2.24, 2.45) is 0 Å². The van der Waals surface area contributed by atoms with Gasteiger partial charge in [-0.1, -0.05) is 80.4 Å². The molecule has 0 aliphatic heterocycles. The zero-order chi connectivity index (χ0) is 11.8. The van der Waals surface area contributed by atoms with Crippen molar-refractivity contribution in [3.8, 4) is 0 Å². The third-order valence-electron chi connectivity index (χ3n) is 3.04. The highest BCUT2D eigenvalue weighted by Crippen LogP contribution is 2.38. The van der Waals surface area contributed by atoms with E-state index in [0.29, 0.717) is 0 Å². The summed E-state index contributed by atoms with van der Waals surface area (Å²) in [6, 6.07) is 19.3. The molecule has 0 saturated carbocycles. The van der Waals surface area contributed by atoms with Crippen LogP contribution >= 0.6 is 31.9 Å².